The van der Waals surface area contributed by atoms with Crippen molar-refractivity contribution in [2.24, 2.45) is 11.7 Å². The van der Waals surface area contributed by atoms with E-state index in [9.17, 15) is 13.6 Å². The second-order valence-corrected chi connectivity index (χ2v) is 5.81. The van der Waals surface area contributed by atoms with E-state index in [-0.39, 0.29) is 17.9 Å². The van der Waals surface area contributed by atoms with E-state index in [0.717, 1.165) is 12.5 Å². The SMILES string of the molecule is CCOC(=O)CC1CC(N)CN(Cc2ccc(F)c(F)c2)C1. The number of nitrogens with two attached hydrogens (primary N) is 1. The third kappa shape index (κ3) is 4.74. The highest BCUT2D eigenvalue weighted by atomic mass is 19.2. The van der Waals surface area contributed by atoms with E-state index in [1.165, 1.54) is 6.07 Å². The van der Waals surface area contributed by atoms with E-state index in [4.69, 9.17) is 10.5 Å². The molecule has 1 aliphatic heterocycles. The quantitative estimate of drug-likeness (QED) is 0.846. The zero-order valence-electron chi connectivity index (χ0n) is 12.7. The molecule has 0 bridgehead atoms. The molecule has 1 fully saturated rings. The molecular weight excluding hydrogens is 290 g/mol. The summed E-state index contributed by atoms with van der Waals surface area (Å²) in [4.78, 5) is 13.7. The van der Waals surface area contributed by atoms with E-state index in [1.807, 2.05) is 0 Å². The van der Waals surface area contributed by atoms with Crippen molar-refractivity contribution in [3.8, 4) is 0 Å². The largest absolute Gasteiger partial charge is 0.466 e. The maximum atomic E-state index is 13.3. The van der Waals surface area contributed by atoms with E-state index in [2.05, 4.69) is 4.90 Å². The zero-order valence-corrected chi connectivity index (χ0v) is 12.7. The van der Waals surface area contributed by atoms with Gasteiger partial charge in [-0.15, -0.1) is 0 Å². The van der Waals surface area contributed by atoms with Crippen LogP contribution in [0.15, 0.2) is 18.2 Å². The monoisotopic (exact) mass is 312 g/mol. The van der Waals surface area contributed by atoms with Gasteiger partial charge in [0, 0.05) is 32.1 Å². The number of hydrogen-bond donors (Lipinski definition) is 1. The van der Waals surface area contributed by atoms with Crippen LogP contribution in [0.25, 0.3) is 0 Å². The van der Waals surface area contributed by atoms with Crippen molar-refractivity contribution >= 4 is 5.97 Å². The van der Waals surface area contributed by atoms with E-state index >= 15 is 0 Å². The van der Waals surface area contributed by atoms with Gasteiger partial charge in [0.05, 0.1) is 6.61 Å². The molecule has 6 heteroatoms. The third-order valence-corrected chi connectivity index (χ3v) is 3.80. The van der Waals surface area contributed by atoms with Crippen molar-refractivity contribution in [1.82, 2.24) is 4.90 Å². The highest BCUT2D eigenvalue weighted by Crippen LogP contribution is 2.22. The first-order chi connectivity index (χ1) is 10.5. The Morgan fingerprint density at radius 3 is 2.82 bits per heavy atom. The number of esters is 1. The van der Waals surface area contributed by atoms with Crippen LogP contribution >= 0.6 is 0 Å². The number of ether oxygens (including phenoxy) is 1. The second kappa shape index (κ2) is 7.65. The Hall–Kier alpha value is -1.53. The minimum atomic E-state index is -0.848. The minimum Gasteiger partial charge on any atom is -0.466 e. The smallest absolute Gasteiger partial charge is 0.306 e. The van der Waals surface area contributed by atoms with Gasteiger partial charge in [0.2, 0.25) is 0 Å². The molecule has 4 nitrogen and oxygen atoms in total. The predicted octanol–water partition coefficient (Wildman–Crippen LogP) is 2.07. The molecule has 122 valence electrons. The predicted molar refractivity (Wildman–Crippen MR) is 79.0 cm³/mol. The highest BCUT2D eigenvalue weighted by molar-refractivity contribution is 5.69. The molecule has 2 rings (SSSR count). The number of carbonyl (C=O) groups excluding carboxylic acids is 1. The van der Waals surface area contributed by atoms with Crippen LogP contribution in [0.5, 0.6) is 0 Å². The minimum absolute atomic E-state index is 0.0292. The van der Waals surface area contributed by atoms with Crippen LogP contribution in [-0.2, 0) is 16.1 Å². The van der Waals surface area contributed by atoms with Crippen LogP contribution < -0.4 is 5.73 Å². The summed E-state index contributed by atoms with van der Waals surface area (Å²) in [7, 11) is 0. The average Bonchev–Trinajstić information content (AvgIpc) is 2.42. The van der Waals surface area contributed by atoms with E-state index in [0.29, 0.717) is 38.2 Å². The number of carbonyl (C=O) groups is 1. The molecule has 0 aliphatic carbocycles. The van der Waals surface area contributed by atoms with Gasteiger partial charge >= 0.3 is 5.97 Å². The van der Waals surface area contributed by atoms with Gasteiger partial charge in [0.15, 0.2) is 11.6 Å². The van der Waals surface area contributed by atoms with Crippen molar-refractivity contribution in [3.05, 3.63) is 35.4 Å². The third-order valence-electron chi connectivity index (χ3n) is 3.80. The summed E-state index contributed by atoms with van der Waals surface area (Å²) in [6, 6.07) is 3.87. The Morgan fingerprint density at radius 2 is 2.14 bits per heavy atom. The van der Waals surface area contributed by atoms with Gasteiger partial charge in [-0.3, -0.25) is 9.69 Å². The number of piperidine rings is 1. The maximum Gasteiger partial charge on any atom is 0.306 e. The number of halogens is 2. The van der Waals surface area contributed by atoms with Gasteiger partial charge in [0.25, 0.3) is 0 Å². The van der Waals surface area contributed by atoms with Crippen molar-refractivity contribution < 1.29 is 18.3 Å². The van der Waals surface area contributed by atoms with Crippen LogP contribution in [0.3, 0.4) is 0 Å². The summed E-state index contributed by atoms with van der Waals surface area (Å²) in [5.41, 5.74) is 6.74. The molecule has 1 aliphatic rings. The first-order valence-electron chi connectivity index (χ1n) is 7.55. The van der Waals surface area contributed by atoms with Crippen LogP contribution in [0.4, 0.5) is 8.78 Å². The van der Waals surface area contributed by atoms with Crippen molar-refractivity contribution in [3.63, 3.8) is 0 Å². The lowest BCUT2D eigenvalue weighted by molar-refractivity contribution is -0.144. The molecule has 1 aromatic rings. The van der Waals surface area contributed by atoms with Crippen LogP contribution in [0.2, 0.25) is 0 Å². The van der Waals surface area contributed by atoms with Crippen molar-refractivity contribution in [2.75, 3.05) is 19.7 Å². The number of benzene rings is 1. The molecule has 1 aromatic carbocycles. The van der Waals surface area contributed by atoms with Gasteiger partial charge in [-0.1, -0.05) is 6.07 Å². The lowest BCUT2D eigenvalue weighted by Gasteiger charge is -2.36. The normalized spacial score (nSPS) is 22.5. The van der Waals surface area contributed by atoms with Crippen molar-refractivity contribution in [2.45, 2.75) is 32.4 Å². The molecule has 1 heterocycles. The maximum absolute atomic E-state index is 13.3. The summed E-state index contributed by atoms with van der Waals surface area (Å²) in [5.74, 6) is -1.77. The van der Waals surface area contributed by atoms with E-state index < -0.39 is 11.6 Å². The summed E-state index contributed by atoms with van der Waals surface area (Å²) >= 11 is 0. The average molecular weight is 312 g/mol. The highest BCUT2D eigenvalue weighted by Gasteiger charge is 2.27. The number of likely N-dealkylation sites (tertiary alicyclic amines) is 1. The Balaban J connectivity index is 1.95. The van der Waals surface area contributed by atoms with Crippen LogP contribution in [0, 0.1) is 17.6 Å². The number of nitrogens with zero attached hydrogens (tertiary/aromatic N) is 1. The molecular formula is C16H22F2N2O2. The molecule has 0 amide bonds. The van der Waals surface area contributed by atoms with Crippen molar-refractivity contribution in [1.29, 1.82) is 0 Å². The molecule has 0 aromatic heterocycles. The Labute approximate surface area is 129 Å². The first-order valence-corrected chi connectivity index (χ1v) is 7.55. The lowest BCUT2D eigenvalue weighted by atomic mass is 9.91. The lowest BCUT2D eigenvalue weighted by Crippen LogP contribution is -2.47. The second-order valence-electron chi connectivity index (χ2n) is 5.81. The fraction of sp³-hybridized carbons (Fsp3) is 0.562. The summed E-state index contributed by atoms with van der Waals surface area (Å²) in [5, 5.41) is 0. The summed E-state index contributed by atoms with van der Waals surface area (Å²) in [6.45, 7) is 4.02. The Kier molecular flexibility index (Phi) is 5.85. The topological polar surface area (TPSA) is 55.6 Å². The van der Waals surface area contributed by atoms with Gasteiger partial charge in [-0.05, 0) is 37.0 Å². The molecule has 2 unspecified atom stereocenters. The Bertz CT molecular complexity index is 525. The molecule has 1 saturated heterocycles. The van der Waals surface area contributed by atoms with Gasteiger partial charge < -0.3 is 10.5 Å². The van der Waals surface area contributed by atoms with Crippen LogP contribution in [-0.4, -0.2) is 36.6 Å². The summed E-state index contributed by atoms with van der Waals surface area (Å²) in [6.07, 6.45) is 1.11. The van der Waals surface area contributed by atoms with Gasteiger partial charge in [-0.2, -0.15) is 0 Å². The van der Waals surface area contributed by atoms with Gasteiger partial charge in [0.1, 0.15) is 0 Å². The first kappa shape index (κ1) is 16.8. The molecule has 0 saturated carbocycles. The summed E-state index contributed by atoms with van der Waals surface area (Å²) < 4.78 is 31.2. The fourth-order valence-electron chi connectivity index (χ4n) is 2.98. The number of hydrogen-bond acceptors (Lipinski definition) is 4. The van der Waals surface area contributed by atoms with Crippen LogP contribution in [0.1, 0.15) is 25.3 Å². The molecule has 2 N–H and O–H groups in total. The molecule has 0 radical (unpaired) electrons. The fourth-order valence-corrected chi connectivity index (χ4v) is 2.98. The Morgan fingerprint density at radius 1 is 1.36 bits per heavy atom. The van der Waals surface area contributed by atoms with Gasteiger partial charge in [-0.25, -0.2) is 8.78 Å². The zero-order chi connectivity index (χ0) is 16.1. The molecule has 2 atom stereocenters. The molecule has 0 spiro atoms. The van der Waals surface area contributed by atoms with E-state index in [1.54, 1.807) is 13.0 Å². The molecule has 22 heavy (non-hydrogen) atoms. The number of rotatable bonds is 5. The standard InChI is InChI=1S/C16H22F2N2O2/c1-2-22-16(21)7-12-5-13(19)10-20(9-12)8-11-3-4-14(17)15(18)6-11/h3-4,6,12-13H,2,5,7-10,19H2,1H3.